The van der Waals surface area contributed by atoms with Crippen LogP contribution in [-0.4, -0.2) is 75.7 Å². The number of benzene rings is 2. The molecule has 0 radical (unpaired) electrons. The average molecular weight is 1070 g/mol. The van der Waals surface area contributed by atoms with Crippen LogP contribution in [0.3, 0.4) is 0 Å². The van der Waals surface area contributed by atoms with Gasteiger partial charge in [-0.2, -0.15) is 65.8 Å². The second-order valence-corrected chi connectivity index (χ2v) is 18.6. The van der Waals surface area contributed by atoms with E-state index in [4.69, 9.17) is 30.6 Å². The monoisotopic (exact) mass is 1070 g/mol. The summed E-state index contributed by atoms with van der Waals surface area (Å²) in [5, 5.41) is 66.7. The molecule has 0 aliphatic heterocycles. The number of carboxylic acids is 2. The molecule has 2 aromatic carbocycles. The largest absolute Gasteiger partial charge is 1.00 e. The van der Waals surface area contributed by atoms with Gasteiger partial charge in [0.2, 0.25) is 0 Å². The second kappa shape index (κ2) is 31.2. The van der Waals surface area contributed by atoms with Crippen molar-refractivity contribution >= 4 is 104 Å². The van der Waals surface area contributed by atoms with E-state index in [0.29, 0.717) is 64.6 Å². The third kappa shape index (κ3) is 19.0. The van der Waals surface area contributed by atoms with Gasteiger partial charge in [-0.3, -0.25) is 9.36 Å². The third-order valence-electron chi connectivity index (χ3n) is 7.52. The molecule has 0 saturated carbocycles. The first-order chi connectivity index (χ1) is 29.3. The van der Waals surface area contributed by atoms with Crippen LogP contribution in [0.2, 0.25) is 0 Å². The number of nitrogen functional groups attached to an aromatic ring is 2. The van der Waals surface area contributed by atoms with Gasteiger partial charge in [0.1, 0.15) is 11.6 Å². The molecule has 4 N–H and O–H groups in total. The number of carbonyl (C=O) groups excluding carboxylic acids is 6. The van der Waals surface area contributed by atoms with Crippen LogP contribution >= 0.6 is 46.2 Å². The Morgan fingerprint density at radius 2 is 0.970 bits per heavy atom. The van der Waals surface area contributed by atoms with E-state index < -0.39 is 22.8 Å². The molecule has 6 rings (SSSR count). The summed E-state index contributed by atoms with van der Waals surface area (Å²) in [6.45, 7) is 11.7. The number of nitrogens with two attached hydrogens (primary N) is 2. The van der Waals surface area contributed by atoms with Gasteiger partial charge in [0.25, 0.3) is 10.3 Å². The summed E-state index contributed by atoms with van der Waals surface area (Å²) in [4.78, 5) is 55.3. The summed E-state index contributed by atoms with van der Waals surface area (Å²) in [5.41, 5.74) is 14.4. The summed E-state index contributed by atoms with van der Waals surface area (Å²) in [5.74, 6) is -0.964. The first kappa shape index (κ1) is 65.7. The van der Waals surface area contributed by atoms with E-state index in [-0.39, 0.29) is 241 Å². The zero-order valence-electron chi connectivity index (χ0n) is 37.3. The molecule has 6 aromatic rings. The third-order valence-corrected chi connectivity index (χ3v) is 11.7. The fourth-order valence-electron chi connectivity index (χ4n) is 4.89. The van der Waals surface area contributed by atoms with Gasteiger partial charge < -0.3 is 31.3 Å². The topological polar surface area (TPSA) is 337 Å². The maximum atomic E-state index is 11.4. The smallest absolute Gasteiger partial charge is 0.559 e. The van der Waals surface area contributed by atoms with Gasteiger partial charge in [-0.05, 0) is 11.4 Å². The molecule has 0 amide bonds. The Kier molecular flexibility index (Phi) is 31.1. The van der Waals surface area contributed by atoms with E-state index in [1.165, 1.54) is 79.8 Å². The molecule has 0 unspecified atom stereocenters. The number of nitrogens with zero attached hydrogens (tertiary/aromatic N) is 12. The molecule has 0 aliphatic carbocycles. The zero-order valence-corrected chi connectivity index (χ0v) is 53.1. The Labute approximate surface area is 563 Å². The summed E-state index contributed by atoms with van der Waals surface area (Å²) in [7, 11) is 0. The average Bonchev–Trinajstić information content (AvgIpc) is 4.01. The van der Waals surface area contributed by atoms with Gasteiger partial charge in [-0.1, -0.05) is 87.7 Å². The number of hydrogen-bond donors (Lipinski definition) is 2. The quantitative estimate of drug-likeness (QED) is 0.0357. The fourth-order valence-corrected chi connectivity index (χ4v) is 8.33. The van der Waals surface area contributed by atoms with Crippen LogP contribution in [-0.2, 0) is 30.0 Å². The van der Waals surface area contributed by atoms with Crippen molar-refractivity contribution in [3.8, 4) is 11.4 Å². The summed E-state index contributed by atoms with van der Waals surface area (Å²) >= 11 is 5.53. The predicted octanol–water partition coefficient (Wildman–Crippen LogP) is -7.59. The number of anilines is 2. The molecular formula is C36H32K4N14O8S4. The normalized spacial score (nSPS) is 10.7. The molecular weight excluding hydrogens is 1040 g/mol. The van der Waals surface area contributed by atoms with Gasteiger partial charge in [0, 0.05) is 34.3 Å². The van der Waals surface area contributed by atoms with Crippen LogP contribution in [0.4, 0.5) is 33.3 Å². The van der Waals surface area contributed by atoms with Gasteiger partial charge in [-0.25, -0.2) is 0 Å². The molecule has 4 aromatic heterocycles. The standard InChI is InChI=1S/C34H34N14O4S4.2CO2.4K/c1-33(2,3)23-21(25(35)47(45-23)19-11-7-9-17(15-19)27(49)50)37-39-29-41-43-31(55-29)53-13-14-54-32-44-42-30(56-32)40-38-22-24(34(4,5)6)46-48(26(22)36)20-12-8-10-18(16-20)28(51)52;2*2-1-3;;;;/h9-12,15-16H,13-14,35-36H2,1-6H3,(H,49,50)(H,51,52);;;;;;/q-2;;;4*+1/p-2. The molecule has 4 heterocycles. The van der Waals surface area contributed by atoms with Gasteiger partial charge >= 0.3 is 218 Å². The molecule has 322 valence electrons. The molecule has 0 fully saturated rings. The minimum atomic E-state index is -1.34. The van der Waals surface area contributed by atoms with Crippen molar-refractivity contribution in [2.45, 2.75) is 61.1 Å². The van der Waals surface area contributed by atoms with Crippen molar-refractivity contribution in [2.24, 2.45) is 20.5 Å². The Morgan fingerprint density at radius 1 is 0.636 bits per heavy atom. The molecule has 0 bridgehead atoms. The molecule has 30 heteroatoms. The minimum absolute atomic E-state index is 0. The molecule has 22 nitrogen and oxygen atoms in total. The molecule has 66 heavy (non-hydrogen) atoms. The van der Waals surface area contributed by atoms with Gasteiger partial charge in [0.05, 0.1) is 11.4 Å². The Balaban J connectivity index is 0.00000401. The van der Waals surface area contributed by atoms with Crippen molar-refractivity contribution in [2.75, 3.05) is 23.0 Å². The van der Waals surface area contributed by atoms with E-state index in [1.54, 1.807) is 12.1 Å². The van der Waals surface area contributed by atoms with Crippen molar-refractivity contribution in [1.29, 1.82) is 0 Å². The number of aromatic carboxylic acids is 2. The Bertz CT molecular complexity index is 2520. The maximum Gasteiger partial charge on any atom is 1.00 e. The van der Waals surface area contributed by atoms with Crippen LogP contribution in [0.15, 0.2) is 65.5 Å². The summed E-state index contributed by atoms with van der Waals surface area (Å²) in [6.07, 6.45) is 0.500. The number of aromatic nitrogens is 8. The summed E-state index contributed by atoms with van der Waals surface area (Å²) in [6, 6.07) is 14.1. The number of carboxylic acid groups (broad SMARTS) is 2. The fraction of sp³-hybridized carbons (Fsp3) is 0.278. The van der Waals surface area contributed by atoms with Crippen LogP contribution in [0.25, 0.3) is 11.4 Å². The van der Waals surface area contributed by atoms with Crippen molar-refractivity contribution in [3.63, 3.8) is 0 Å². The van der Waals surface area contributed by atoms with Gasteiger partial charge in [0.15, 0.2) is 20.1 Å². The van der Waals surface area contributed by atoms with E-state index in [2.05, 4.69) is 63.2 Å². The van der Waals surface area contributed by atoms with Crippen LogP contribution in [0.5, 0.6) is 0 Å². The summed E-state index contributed by atoms with van der Waals surface area (Å²) < 4.78 is 4.19. The van der Waals surface area contributed by atoms with E-state index >= 15 is 0 Å². The van der Waals surface area contributed by atoms with Crippen LogP contribution in [0.1, 0.15) is 73.6 Å². The molecule has 0 aliphatic rings. The van der Waals surface area contributed by atoms with Crippen LogP contribution in [0, 0.1) is 12.1 Å². The number of rotatable bonds is 13. The number of azo groups is 2. The van der Waals surface area contributed by atoms with E-state index in [1.807, 2.05) is 41.5 Å². The SMILES string of the molecule is CC(C)(C)c1nn(-c2c[c-]cc(C(=O)[O-])c2)c(N)c1N=Nc1nnc(SCCSc2nnc(N=Nc3c(C(C)(C)C)nn(-c4c[c-]cc(C(=O)[O-])c4)c3N)s2)s1.O=C=O.O=C=O.[K+].[K+].[K+].[K+]. The van der Waals surface area contributed by atoms with Crippen molar-refractivity contribution in [1.82, 2.24) is 40.0 Å². The molecule has 0 spiro atoms. The zero-order chi connectivity index (χ0) is 45.8. The minimum Gasteiger partial charge on any atom is -0.559 e. The van der Waals surface area contributed by atoms with E-state index in [0.717, 1.165) is 0 Å². The maximum absolute atomic E-state index is 11.4. The first-order valence-corrected chi connectivity index (χ1v) is 20.9. The number of carbonyl (C=O) groups is 2. The number of hydrogen-bond acceptors (Lipinski definition) is 24. The Morgan fingerprint density at radius 3 is 1.27 bits per heavy atom. The van der Waals surface area contributed by atoms with Crippen molar-refractivity contribution < 1.29 is 245 Å². The van der Waals surface area contributed by atoms with Gasteiger partial charge in [-0.15, -0.1) is 64.1 Å². The van der Waals surface area contributed by atoms with E-state index in [9.17, 15) is 19.8 Å². The van der Waals surface area contributed by atoms with Crippen LogP contribution < -0.4 is 227 Å². The predicted molar refractivity (Wildman–Crippen MR) is 219 cm³/mol. The number of thioether (sulfide) groups is 2. The Hall–Kier alpha value is -0.275. The van der Waals surface area contributed by atoms with Crippen molar-refractivity contribution in [3.05, 3.63) is 71.0 Å². The first-order valence-electron chi connectivity index (χ1n) is 17.3. The molecule has 0 atom stereocenters. The molecule has 0 saturated heterocycles. The second-order valence-electron chi connectivity index (χ2n) is 14.0.